The number of rotatable bonds is 0. The van der Waals surface area contributed by atoms with E-state index in [-0.39, 0.29) is 23.1 Å². The van der Waals surface area contributed by atoms with Gasteiger partial charge in [-0.2, -0.15) is 0 Å². The number of hydrogen-bond acceptors (Lipinski definition) is 0. The van der Waals surface area contributed by atoms with E-state index in [9.17, 15) is 0 Å². The summed E-state index contributed by atoms with van der Waals surface area (Å²) in [6.45, 7) is 16.9. The van der Waals surface area contributed by atoms with Crippen molar-refractivity contribution in [2.45, 2.75) is 64.7 Å². The lowest BCUT2D eigenvalue weighted by atomic mass is 9.45. The van der Waals surface area contributed by atoms with E-state index in [1.54, 1.807) is 0 Å². The summed E-state index contributed by atoms with van der Waals surface area (Å²) in [5, 5.41) is 2.76. The molecule has 2 aliphatic carbocycles. The molecule has 0 unspecified atom stereocenters. The first-order valence-corrected chi connectivity index (χ1v) is 17.3. The summed E-state index contributed by atoms with van der Waals surface area (Å²) in [4.78, 5) is 0. The van der Waals surface area contributed by atoms with E-state index in [1.807, 2.05) is 0 Å². The summed E-state index contributed by atoms with van der Waals surface area (Å²) < 4.78 is 5.50. The molecular weight excluding hydrogens is 567 g/mol. The standard InChI is InChI=1S/C44H37BN2/c1-42(2,3)24-22-30-25-16-12-17-28-36-27-15-9-11-20-32(27)44(6,7)41(36)47(38(25)28)45-33-21-13-18-29-35-26-14-8-10-19-31(26)43(4,5)40(35)46(39(29)33)34(23-24)37(30)45/h8-23H,1-7H3. The van der Waals surface area contributed by atoms with Gasteiger partial charge in [0.05, 0.1) is 5.52 Å². The van der Waals surface area contributed by atoms with Crippen molar-refractivity contribution in [3.8, 4) is 39.1 Å². The molecule has 4 aliphatic rings. The van der Waals surface area contributed by atoms with Gasteiger partial charge in [-0.3, -0.25) is 0 Å². The van der Waals surface area contributed by atoms with Crippen molar-refractivity contribution in [3.63, 3.8) is 0 Å². The monoisotopic (exact) mass is 604 g/mol. The first-order chi connectivity index (χ1) is 22.5. The topological polar surface area (TPSA) is 9.86 Å². The van der Waals surface area contributed by atoms with Crippen molar-refractivity contribution < 1.29 is 0 Å². The maximum absolute atomic E-state index is 2.79. The molecule has 0 bridgehead atoms. The van der Waals surface area contributed by atoms with Gasteiger partial charge < -0.3 is 9.05 Å². The molecule has 0 saturated carbocycles. The number of fused-ring (bicyclic) bond motifs is 14. The number of aromatic nitrogens is 2. The van der Waals surface area contributed by atoms with Crippen LogP contribution in [0.5, 0.6) is 0 Å². The van der Waals surface area contributed by atoms with E-state index in [2.05, 4.69) is 155 Å². The lowest BCUT2D eigenvalue weighted by Gasteiger charge is -2.38. The highest BCUT2D eigenvalue weighted by Gasteiger charge is 2.50. The zero-order valence-electron chi connectivity index (χ0n) is 28.2. The second-order valence-electron chi connectivity index (χ2n) is 16.5. The average molecular weight is 605 g/mol. The summed E-state index contributed by atoms with van der Waals surface area (Å²) in [5.74, 6) is 0. The van der Waals surface area contributed by atoms with Crippen LogP contribution in [0.25, 0.3) is 60.9 Å². The van der Waals surface area contributed by atoms with Crippen molar-refractivity contribution >= 4 is 39.6 Å². The Morgan fingerprint density at radius 2 is 1.15 bits per heavy atom. The fourth-order valence-electron chi connectivity index (χ4n) is 10.4. The Kier molecular flexibility index (Phi) is 4.40. The van der Waals surface area contributed by atoms with Gasteiger partial charge in [-0.05, 0) is 55.8 Å². The van der Waals surface area contributed by atoms with E-state index in [1.165, 1.54) is 99.9 Å². The van der Waals surface area contributed by atoms with Gasteiger partial charge in [-0.1, -0.05) is 139 Å². The van der Waals surface area contributed by atoms with Crippen LogP contribution in [-0.2, 0) is 16.2 Å². The first-order valence-electron chi connectivity index (χ1n) is 17.3. The zero-order valence-corrected chi connectivity index (χ0v) is 28.2. The quantitative estimate of drug-likeness (QED) is 0.153. The Morgan fingerprint density at radius 3 is 1.83 bits per heavy atom. The molecule has 2 aromatic heterocycles. The van der Waals surface area contributed by atoms with E-state index in [4.69, 9.17) is 0 Å². The lowest BCUT2D eigenvalue weighted by molar-refractivity contribution is 0.589. The SMILES string of the molecule is CC(C)(C)c1cc2c3c(c1)-n1c4c(c5cccc(c51)B3n1c3c(c5cccc-2c51)-c1ccccc1C3(C)C)-c1ccccc1C4(C)C. The number of benzene rings is 5. The van der Waals surface area contributed by atoms with Crippen molar-refractivity contribution in [2.75, 3.05) is 0 Å². The molecule has 0 N–H and O–H groups in total. The van der Waals surface area contributed by atoms with Crippen LogP contribution in [0.3, 0.4) is 0 Å². The summed E-state index contributed by atoms with van der Waals surface area (Å²) >= 11 is 0. The molecule has 4 heterocycles. The maximum atomic E-state index is 2.79. The van der Waals surface area contributed by atoms with Crippen molar-refractivity contribution in [1.82, 2.24) is 9.05 Å². The van der Waals surface area contributed by atoms with Crippen LogP contribution in [0.1, 0.15) is 76.5 Å². The van der Waals surface area contributed by atoms with Crippen LogP contribution in [-0.4, -0.2) is 15.9 Å². The third-order valence-electron chi connectivity index (χ3n) is 12.3. The molecule has 3 heteroatoms. The molecule has 47 heavy (non-hydrogen) atoms. The normalized spacial score (nSPS) is 16.7. The van der Waals surface area contributed by atoms with Crippen LogP contribution in [0.15, 0.2) is 97.1 Å². The summed E-state index contributed by atoms with van der Waals surface area (Å²) in [5.41, 5.74) is 22.3. The fourth-order valence-corrected chi connectivity index (χ4v) is 10.4. The number of hydrogen-bond donors (Lipinski definition) is 0. The summed E-state index contributed by atoms with van der Waals surface area (Å²) in [7, 11) is 0. The minimum Gasteiger partial charge on any atom is -0.378 e. The number of para-hydroxylation sites is 2. The minimum absolute atomic E-state index is 0.00192. The van der Waals surface area contributed by atoms with Gasteiger partial charge in [0.2, 0.25) is 0 Å². The Hall–Kier alpha value is -4.76. The second-order valence-corrected chi connectivity index (χ2v) is 16.5. The van der Waals surface area contributed by atoms with E-state index >= 15 is 0 Å². The molecular formula is C44H37BN2. The van der Waals surface area contributed by atoms with E-state index < -0.39 is 0 Å². The first kappa shape index (κ1) is 26.3. The highest BCUT2D eigenvalue weighted by Crippen LogP contribution is 2.57. The van der Waals surface area contributed by atoms with E-state index in [0.29, 0.717) is 0 Å². The molecule has 5 aromatic carbocycles. The molecule has 11 rings (SSSR count). The van der Waals surface area contributed by atoms with Gasteiger partial charge >= 0.3 is 6.85 Å². The molecule has 0 spiro atoms. The van der Waals surface area contributed by atoms with Gasteiger partial charge in [0.15, 0.2) is 0 Å². The third kappa shape index (κ3) is 2.78. The molecule has 2 aliphatic heterocycles. The van der Waals surface area contributed by atoms with Crippen molar-refractivity contribution in [3.05, 3.63) is 125 Å². The van der Waals surface area contributed by atoms with Crippen molar-refractivity contribution in [2.24, 2.45) is 0 Å². The second kappa shape index (κ2) is 7.85. The Morgan fingerprint density at radius 1 is 0.574 bits per heavy atom. The fraction of sp³-hybridized carbons (Fsp3) is 0.227. The molecule has 0 amide bonds. The Bertz CT molecular complexity index is 2610. The summed E-state index contributed by atoms with van der Waals surface area (Å²) in [6, 6.07) is 37.6. The molecule has 2 nitrogen and oxygen atoms in total. The van der Waals surface area contributed by atoms with Crippen LogP contribution >= 0.6 is 0 Å². The molecule has 0 radical (unpaired) electrons. The molecule has 0 fully saturated rings. The predicted molar refractivity (Wildman–Crippen MR) is 198 cm³/mol. The van der Waals surface area contributed by atoms with Gasteiger partial charge in [-0.25, -0.2) is 0 Å². The Balaban J connectivity index is 1.38. The third-order valence-corrected chi connectivity index (χ3v) is 12.3. The van der Waals surface area contributed by atoms with Crippen LogP contribution in [0.2, 0.25) is 0 Å². The van der Waals surface area contributed by atoms with Gasteiger partial charge in [0, 0.05) is 60.9 Å². The molecule has 0 saturated heterocycles. The largest absolute Gasteiger partial charge is 0.378 e. The number of nitrogens with zero attached hydrogens (tertiary/aromatic N) is 2. The van der Waals surface area contributed by atoms with Crippen molar-refractivity contribution in [1.29, 1.82) is 0 Å². The summed E-state index contributed by atoms with van der Waals surface area (Å²) in [6.07, 6.45) is 0. The minimum atomic E-state index is -0.127. The lowest BCUT2D eigenvalue weighted by Crippen LogP contribution is -2.57. The molecule has 226 valence electrons. The molecule has 7 aromatic rings. The van der Waals surface area contributed by atoms with Crippen LogP contribution < -0.4 is 10.9 Å². The van der Waals surface area contributed by atoms with Crippen LogP contribution in [0, 0.1) is 0 Å². The highest BCUT2D eigenvalue weighted by molar-refractivity contribution is 6.89. The maximum Gasteiger partial charge on any atom is 0.332 e. The van der Waals surface area contributed by atoms with Gasteiger partial charge in [-0.15, -0.1) is 0 Å². The zero-order chi connectivity index (χ0) is 31.9. The van der Waals surface area contributed by atoms with Crippen LogP contribution in [0.4, 0.5) is 0 Å². The van der Waals surface area contributed by atoms with E-state index in [0.717, 1.165) is 0 Å². The predicted octanol–water partition coefficient (Wildman–Crippen LogP) is 9.44. The highest BCUT2D eigenvalue weighted by atomic mass is 15.1. The molecule has 0 atom stereocenters. The smallest absolute Gasteiger partial charge is 0.332 e. The average Bonchev–Trinajstić information content (AvgIpc) is 3.73. The van der Waals surface area contributed by atoms with Gasteiger partial charge in [0.1, 0.15) is 0 Å². The van der Waals surface area contributed by atoms with Gasteiger partial charge in [0.25, 0.3) is 0 Å². The Labute approximate surface area is 276 Å².